The van der Waals surface area contributed by atoms with E-state index in [2.05, 4.69) is 10.6 Å². The zero-order valence-electron chi connectivity index (χ0n) is 12.8. The van der Waals surface area contributed by atoms with Gasteiger partial charge in [-0.15, -0.1) is 0 Å². The Morgan fingerprint density at radius 2 is 1.22 bits per heavy atom. The highest BCUT2D eigenvalue weighted by Gasteiger charge is 2.02. The van der Waals surface area contributed by atoms with Crippen LogP contribution >= 0.6 is 0 Å². The van der Waals surface area contributed by atoms with Crippen LogP contribution in [0.2, 0.25) is 0 Å². The van der Waals surface area contributed by atoms with Crippen molar-refractivity contribution < 1.29 is 9.84 Å². The van der Waals surface area contributed by atoms with Crippen LogP contribution in [0.25, 0.3) is 0 Å². The zero-order valence-corrected chi connectivity index (χ0v) is 12.8. The largest absolute Gasteiger partial charge is 0.508 e. The lowest BCUT2D eigenvalue weighted by molar-refractivity contribution is 0.417. The maximum atomic E-state index is 9.30. The Morgan fingerprint density at radius 1 is 0.696 bits per heavy atom. The van der Waals surface area contributed by atoms with Gasteiger partial charge in [0.25, 0.3) is 0 Å². The van der Waals surface area contributed by atoms with E-state index in [1.54, 1.807) is 19.2 Å². The molecule has 3 rings (SSSR count). The SMILES string of the molecule is COc1ccccc1Nc1ccc(Nc2ccc(O)cc2)cc1. The van der Waals surface area contributed by atoms with Crippen molar-refractivity contribution in [2.45, 2.75) is 0 Å². The van der Waals surface area contributed by atoms with Crippen molar-refractivity contribution in [1.82, 2.24) is 0 Å². The molecule has 0 aliphatic heterocycles. The van der Waals surface area contributed by atoms with Gasteiger partial charge in [0.1, 0.15) is 11.5 Å². The lowest BCUT2D eigenvalue weighted by Crippen LogP contribution is -1.95. The monoisotopic (exact) mass is 306 g/mol. The van der Waals surface area contributed by atoms with Gasteiger partial charge in [-0.25, -0.2) is 0 Å². The number of phenols is 1. The predicted octanol–water partition coefficient (Wildman–Crippen LogP) is 4.89. The van der Waals surface area contributed by atoms with Crippen LogP contribution < -0.4 is 15.4 Å². The molecular weight excluding hydrogens is 288 g/mol. The fourth-order valence-electron chi connectivity index (χ4n) is 2.25. The first-order valence-corrected chi connectivity index (χ1v) is 7.31. The third-order valence-electron chi connectivity index (χ3n) is 3.43. The summed E-state index contributed by atoms with van der Waals surface area (Å²) in [6.07, 6.45) is 0. The van der Waals surface area contributed by atoms with Gasteiger partial charge >= 0.3 is 0 Å². The molecule has 4 nitrogen and oxygen atoms in total. The number of para-hydroxylation sites is 2. The van der Waals surface area contributed by atoms with Gasteiger partial charge in [0.05, 0.1) is 12.8 Å². The van der Waals surface area contributed by atoms with E-state index in [-0.39, 0.29) is 5.75 Å². The minimum atomic E-state index is 0.256. The van der Waals surface area contributed by atoms with E-state index < -0.39 is 0 Å². The molecule has 3 aromatic carbocycles. The molecule has 0 heterocycles. The highest BCUT2D eigenvalue weighted by molar-refractivity contribution is 5.69. The molecule has 0 saturated carbocycles. The lowest BCUT2D eigenvalue weighted by atomic mass is 10.2. The lowest BCUT2D eigenvalue weighted by Gasteiger charge is -2.12. The minimum absolute atomic E-state index is 0.256. The van der Waals surface area contributed by atoms with Crippen LogP contribution in [-0.4, -0.2) is 12.2 Å². The third kappa shape index (κ3) is 3.74. The highest BCUT2D eigenvalue weighted by Crippen LogP contribution is 2.28. The molecule has 0 aromatic heterocycles. The second-order valence-corrected chi connectivity index (χ2v) is 5.07. The summed E-state index contributed by atoms with van der Waals surface area (Å²) in [6.45, 7) is 0. The van der Waals surface area contributed by atoms with Gasteiger partial charge in [0.15, 0.2) is 0 Å². The van der Waals surface area contributed by atoms with Crippen molar-refractivity contribution >= 4 is 22.7 Å². The molecular formula is C19H18N2O2. The van der Waals surface area contributed by atoms with Gasteiger partial charge in [-0.3, -0.25) is 0 Å². The van der Waals surface area contributed by atoms with E-state index >= 15 is 0 Å². The number of nitrogens with one attached hydrogen (secondary N) is 2. The Kier molecular flexibility index (Phi) is 4.34. The molecule has 116 valence electrons. The smallest absolute Gasteiger partial charge is 0.142 e. The fourth-order valence-corrected chi connectivity index (χ4v) is 2.25. The summed E-state index contributed by atoms with van der Waals surface area (Å²) in [5.41, 5.74) is 3.80. The number of aromatic hydroxyl groups is 1. The zero-order chi connectivity index (χ0) is 16.1. The standard InChI is InChI=1S/C19H18N2O2/c1-23-19-5-3-2-4-18(19)21-16-8-6-14(7-9-16)20-15-10-12-17(22)13-11-15/h2-13,20-22H,1H3. The van der Waals surface area contributed by atoms with Crippen LogP contribution in [0.1, 0.15) is 0 Å². The predicted molar refractivity (Wildman–Crippen MR) is 94.1 cm³/mol. The molecule has 0 aliphatic rings. The van der Waals surface area contributed by atoms with Crippen LogP contribution in [0, 0.1) is 0 Å². The number of rotatable bonds is 5. The maximum Gasteiger partial charge on any atom is 0.142 e. The third-order valence-corrected chi connectivity index (χ3v) is 3.43. The van der Waals surface area contributed by atoms with Crippen molar-refractivity contribution in [1.29, 1.82) is 0 Å². The molecule has 0 bridgehead atoms. The van der Waals surface area contributed by atoms with Crippen LogP contribution in [0.3, 0.4) is 0 Å². The normalized spacial score (nSPS) is 10.1. The van der Waals surface area contributed by atoms with E-state index in [9.17, 15) is 5.11 Å². The van der Waals surface area contributed by atoms with E-state index in [0.29, 0.717) is 0 Å². The van der Waals surface area contributed by atoms with Gasteiger partial charge in [-0.2, -0.15) is 0 Å². The number of ether oxygens (including phenoxy) is 1. The second-order valence-electron chi connectivity index (χ2n) is 5.07. The Morgan fingerprint density at radius 3 is 1.83 bits per heavy atom. The Labute approximate surface area is 135 Å². The number of hydrogen-bond acceptors (Lipinski definition) is 4. The molecule has 0 saturated heterocycles. The summed E-state index contributed by atoms with van der Waals surface area (Å²) in [7, 11) is 1.66. The Balaban J connectivity index is 1.70. The van der Waals surface area contributed by atoms with Gasteiger partial charge in [0.2, 0.25) is 0 Å². The average molecular weight is 306 g/mol. The fraction of sp³-hybridized carbons (Fsp3) is 0.0526. The van der Waals surface area contributed by atoms with Crippen molar-refractivity contribution in [3.05, 3.63) is 72.8 Å². The Bertz CT molecular complexity index is 768. The van der Waals surface area contributed by atoms with Crippen LogP contribution in [-0.2, 0) is 0 Å². The van der Waals surface area contributed by atoms with Crippen molar-refractivity contribution in [2.24, 2.45) is 0 Å². The molecule has 0 aliphatic carbocycles. The van der Waals surface area contributed by atoms with Gasteiger partial charge in [0, 0.05) is 17.1 Å². The molecule has 0 radical (unpaired) electrons. The second kappa shape index (κ2) is 6.75. The number of phenolic OH excluding ortho intramolecular Hbond substituents is 1. The summed E-state index contributed by atoms with van der Waals surface area (Å²) in [6, 6.07) is 22.7. The number of hydrogen-bond donors (Lipinski definition) is 3. The van der Waals surface area contributed by atoms with Crippen molar-refractivity contribution in [3.63, 3.8) is 0 Å². The van der Waals surface area contributed by atoms with E-state index in [4.69, 9.17) is 4.74 Å². The van der Waals surface area contributed by atoms with Crippen molar-refractivity contribution in [2.75, 3.05) is 17.7 Å². The van der Waals surface area contributed by atoms with E-state index in [0.717, 1.165) is 28.5 Å². The summed E-state index contributed by atoms with van der Waals surface area (Å²) in [4.78, 5) is 0. The molecule has 23 heavy (non-hydrogen) atoms. The highest BCUT2D eigenvalue weighted by atomic mass is 16.5. The topological polar surface area (TPSA) is 53.5 Å². The summed E-state index contributed by atoms with van der Waals surface area (Å²) >= 11 is 0. The summed E-state index contributed by atoms with van der Waals surface area (Å²) in [5.74, 6) is 1.06. The molecule has 0 spiro atoms. The van der Waals surface area contributed by atoms with Crippen molar-refractivity contribution in [3.8, 4) is 11.5 Å². The van der Waals surface area contributed by atoms with E-state index in [1.807, 2.05) is 60.7 Å². The molecule has 4 heteroatoms. The van der Waals surface area contributed by atoms with Crippen LogP contribution in [0.15, 0.2) is 72.8 Å². The molecule has 3 aromatic rings. The molecule has 0 amide bonds. The number of benzene rings is 3. The quantitative estimate of drug-likeness (QED) is 0.588. The maximum absolute atomic E-state index is 9.30. The van der Waals surface area contributed by atoms with Gasteiger partial charge < -0.3 is 20.5 Å². The first-order valence-electron chi connectivity index (χ1n) is 7.31. The summed E-state index contributed by atoms with van der Waals surface area (Å²) in [5, 5.41) is 15.9. The number of anilines is 4. The molecule has 0 unspecified atom stereocenters. The number of methoxy groups -OCH3 is 1. The van der Waals surface area contributed by atoms with Crippen LogP contribution in [0.5, 0.6) is 11.5 Å². The summed E-state index contributed by atoms with van der Waals surface area (Å²) < 4.78 is 5.33. The average Bonchev–Trinajstić information content (AvgIpc) is 2.59. The Hall–Kier alpha value is -3.14. The van der Waals surface area contributed by atoms with E-state index in [1.165, 1.54) is 0 Å². The first kappa shape index (κ1) is 14.8. The molecule has 0 atom stereocenters. The first-order chi connectivity index (χ1) is 11.2. The van der Waals surface area contributed by atoms with Gasteiger partial charge in [-0.05, 0) is 60.7 Å². The molecule has 3 N–H and O–H groups in total. The van der Waals surface area contributed by atoms with Gasteiger partial charge in [-0.1, -0.05) is 12.1 Å². The van der Waals surface area contributed by atoms with Crippen LogP contribution in [0.4, 0.5) is 22.7 Å². The minimum Gasteiger partial charge on any atom is -0.508 e. The molecule has 0 fully saturated rings.